The molecule has 2 aromatic heterocycles. The molecule has 0 spiro atoms. The Bertz CT molecular complexity index is 1450. The molecule has 12 nitrogen and oxygen atoms in total. The Kier molecular flexibility index (Phi) is 9.94. The lowest BCUT2D eigenvalue weighted by atomic mass is 9.98. The van der Waals surface area contributed by atoms with Crippen LogP contribution in [0.5, 0.6) is 5.75 Å². The second-order valence-corrected chi connectivity index (χ2v) is 12.6. The van der Waals surface area contributed by atoms with E-state index in [0.717, 1.165) is 62.9 Å². The summed E-state index contributed by atoms with van der Waals surface area (Å²) in [6.45, 7) is 13.5. The number of oxazole rings is 1. The summed E-state index contributed by atoms with van der Waals surface area (Å²) in [5.41, 5.74) is 3.71. The summed E-state index contributed by atoms with van der Waals surface area (Å²) in [7, 11) is 0. The number of hydrogen-bond donors (Lipinski definition) is 2. The number of hydrogen-bond acceptors (Lipinski definition) is 12. The Morgan fingerprint density at radius 1 is 1.11 bits per heavy atom. The number of nitrogens with one attached hydrogen (secondary N) is 1. The molecule has 5 heterocycles. The van der Waals surface area contributed by atoms with Gasteiger partial charge in [0.2, 0.25) is 5.95 Å². The number of Topliss-reactive ketones (excluding diaryl/α,β-unsaturated/α-hetero) is 1. The van der Waals surface area contributed by atoms with Crippen molar-refractivity contribution in [3.63, 3.8) is 0 Å². The van der Waals surface area contributed by atoms with E-state index in [4.69, 9.17) is 23.9 Å². The van der Waals surface area contributed by atoms with Gasteiger partial charge in [0.15, 0.2) is 17.9 Å². The molecular weight excluding hydrogens is 574 g/mol. The van der Waals surface area contributed by atoms with Gasteiger partial charge < -0.3 is 29.2 Å². The number of ether oxygens (including phenoxy) is 2. The second kappa shape index (κ2) is 14.2. The molecule has 3 aliphatic heterocycles. The Morgan fingerprint density at radius 2 is 1.93 bits per heavy atom. The molecule has 0 aliphatic carbocycles. The SMILES string of the molecule is Cc1ncoc1COc1ccc2c(c1)CCN(C[C@@H](O)CCC(=O)c1cc(NC3COC3)nc(N3CCN(C(C)C)CC3)n1)C2. The number of anilines is 2. The average Bonchev–Trinajstić information content (AvgIpc) is 3.44. The van der Waals surface area contributed by atoms with Crippen molar-refractivity contribution < 1.29 is 23.8 Å². The number of ketones is 1. The van der Waals surface area contributed by atoms with Crippen molar-refractivity contribution in [2.24, 2.45) is 0 Å². The van der Waals surface area contributed by atoms with Crippen LogP contribution in [0, 0.1) is 6.92 Å². The lowest BCUT2D eigenvalue weighted by molar-refractivity contribution is 0.0209. The van der Waals surface area contributed by atoms with Crippen molar-refractivity contribution in [1.29, 1.82) is 0 Å². The number of rotatable bonds is 13. The third kappa shape index (κ3) is 7.99. The Balaban J connectivity index is 1.02. The first-order valence-electron chi connectivity index (χ1n) is 16.1. The molecule has 45 heavy (non-hydrogen) atoms. The highest BCUT2D eigenvalue weighted by molar-refractivity contribution is 5.95. The lowest BCUT2D eigenvalue weighted by Gasteiger charge is -2.37. The zero-order valence-electron chi connectivity index (χ0n) is 26.6. The van der Waals surface area contributed by atoms with Crippen LogP contribution in [-0.4, -0.2) is 106 Å². The van der Waals surface area contributed by atoms with E-state index in [-0.39, 0.29) is 18.2 Å². The van der Waals surface area contributed by atoms with Crippen molar-refractivity contribution in [2.75, 3.05) is 62.7 Å². The first kappa shape index (κ1) is 31.4. The van der Waals surface area contributed by atoms with Gasteiger partial charge in [-0.2, -0.15) is 4.98 Å². The van der Waals surface area contributed by atoms with Crippen LogP contribution in [0.4, 0.5) is 11.8 Å². The number of carbonyl (C=O) groups excluding carboxylic acids is 1. The van der Waals surface area contributed by atoms with Gasteiger partial charge in [-0.1, -0.05) is 6.07 Å². The normalized spacial score (nSPS) is 18.5. The highest BCUT2D eigenvalue weighted by Gasteiger charge is 2.25. The standard InChI is InChI=1S/C33H45N7O5/c1-22(2)39-10-12-40(13-11-39)33-36-29(15-32(37-33)35-26-18-43-19-26)30(42)7-5-27(41)17-38-9-8-24-14-28(6-4-25(24)16-38)44-20-31-23(3)34-21-45-31/h4,6,14-15,21-22,26-27,41H,5,7-13,16-20H2,1-3H3,(H,35,36,37)/t27-/m0/s1. The number of aliphatic hydroxyl groups excluding tert-OH is 1. The average molecular weight is 620 g/mol. The van der Waals surface area contributed by atoms with E-state index in [9.17, 15) is 9.90 Å². The van der Waals surface area contributed by atoms with E-state index in [0.29, 0.717) is 56.3 Å². The van der Waals surface area contributed by atoms with Crippen molar-refractivity contribution in [2.45, 2.75) is 71.4 Å². The Labute approximate surface area is 264 Å². The predicted molar refractivity (Wildman–Crippen MR) is 170 cm³/mol. The van der Waals surface area contributed by atoms with Crippen LogP contribution >= 0.6 is 0 Å². The van der Waals surface area contributed by atoms with Crippen LogP contribution in [0.3, 0.4) is 0 Å². The number of benzene rings is 1. The Hall–Kier alpha value is -3.58. The van der Waals surface area contributed by atoms with E-state index < -0.39 is 6.10 Å². The van der Waals surface area contributed by atoms with Crippen LogP contribution in [0.25, 0.3) is 0 Å². The summed E-state index contributed by atoms with van der Waals surface area (Å²) in [6, 6.07) is 8.59. The van der Waals surface area contributed by atoms with Gasteiger partial charge in [-0.15, -0.1) is 0 Å². The molecule has 0 radical (unpaired) electrons. The molecule has 3 aromatic rings. The molecule has 1 atom stereocenters. The maximum atomic E-state index is 13.4. The molecule has 0 bridgehead atoms. The summed E-state index contributed by atoms with van der Waals surface area (Å²) in [4.78, 5) is 33.8. The summed E-state index contributed by atoms with van der Waals surface area (Å²) in [5, 5.41) is 14.3. The van der Waals surface area contributed by atoms with Gasteiger partial charge in [0.05, 0.1) is 31.1 Å². The molecule has 1 aromatic carbocycles. The topological polar surface area (TPSA) is 129 Å². The number of aromatic nitrogens is 3. The molecule has 3 aliphatic rings. The number of carbonyl (C=O) groups is 1. The van der Waals surface area contributed by atoms with Gasteiger partial charge in [-0.3, -0.25) is 14.6 Å². The fraction of sp³-hybridized carbons (Fsp3) is 0.576. The monoisotopic (exact) mass is 619 g/mol. The highest BCUT2D eigenvalue weighted by atomic mass is 16.5. The molecule has 6 rings (SSSR count). The van der Waals surface area contributed by atoms with Crippen LogP contribution in [0.15, 0.2) is 35.1 Å². The van der Waals surface area contributed by atoms with E-state index in [1.54, 1.807) is 6.07 Å². The smallest absolute Gasteiger partial charge is 0.228 e. The van der Waals surface area contributed by atoms with E-state index in [1.807, 2.05) is 13.0 Å². The molecule has 0 unspecified atom stereocenters. The van der Waals surface area contributed by atoms with Gasteiger partial charge in [0.1, 0.15) is 23.9 Å². The number of aryl methyl sites for hydroxylation is 1. The lowest BCUT2D eigenvalue weighted by Crippen LogP contribution is -2.49. The molecule has 0 amide bonds. The fourth-order valence-electron chi connectivity index (χ4n) is 6.02. The van der Waals surface area contributed by atoms with Crippen molar-refractivity contribution in [3.05, 3.63) is 58.9 Å². The summed E-state index contributed by atoms with van der Waals surface area (Å²) in [6.07, 6.45) is 2.29. The minimum atomic E-state index is -0.613. The van der Waals surface area contributed by atoms with E-state index >= 15 is 0 Å². The number of fused-ring (bicyclic) bond motifs is 1. The number of nitrogens with zero attached hydrogens (tertiary/aromatic N) is 6. The summed E-state index contributed by atoms with van der Waals surface area (Å²) >= 11 is 0. The van der Waals surface area contributed by atoms with Crippen molar-refractivity contribution >= 4 is 17.5 Å². The second-order valence-electron chi connectivity index (χ2n) is 12.6. The quantitative estimate of drug-likeness (QED) is 0.273. The first-order chi connectivity index (χ1) is 21.8. The molecule has 2 saturated heterocycles. The van der Waals surface area contributed by atoms with E-state index in [1.165, 1.54) is 17.5 Å². The van der Waals surface area contributed by atoms with Crippen LogP contribution < -0.4 is 15.0 Å². The first-order valence-corrected chi connectivity index (χ1v) is 16.1. The summed E-state index contributed by atoms with van der Waals surface area (Å²) < 4.78 is 16.6. The zero-order valence-corrected chi connectivity index (χ0v) is 26.6. The minimum Gasteiger partial charge on any atom is -0.486 e. The van der Waals surface area contributed by atoms with Gasteiger partial charge >= 0.3 is 0 Å². The maximum Gasteiger partial charge on any atom is 0.228 e. The molecule has 0 saturated carbocycles. The number of piperazine rings is 1. The maximum absolute atomic E-state index is 13.4. The summed E-state index contributed by atoms with van der Waals surface area (Å²) in [5.74, 6) is 2.69. The minimum absolute atomic E-state index is 0.0801. The molecule has 12 heteroatoms. The third-order valence-electron chi connectivity index (χ3n) is 8.97. The fourth-order valence-corrected chi connectivity index (χ4v) is 6.02. The Morgan fingerprint density at radius 3 is 2.64 bits per heavy atom. The van der Waals surface area contributed by atoms with Gasteiger partial charge in [-0.25, -0.2) is 9.97 Å². The van der Waals surface area contributed by atoms with Crippen molar-refractivity contribution in [3.8, 4) is 5.75 Å². The van der Waals surface area contributed by atoms with E-state index in [2.05, 4.69) is 51.0 Å². The third-order valence-corrected chi connectivity index (χ3v) is 8.97. The van der Waals surface area contributed by atoms with Crippen LogP contribution in [-0.2, 0) is 24.3 Å². The predicted octanol–water partition coefficient (Wildman–Crippen LogP) is 3.08. The zero-order chi connectivity index (χ0) is 31.3. The van der Waals surface area contributed by atoms with Crippen molar-refractivity contribution in [1.82, 2.24) is 24.8 Å². The van der Waals surface area contributed by atoms with Crippen LogP contribution in [0.1, 0.15) is 59.8 Å². The van der Waals surface area contributed by atoms with Crippen LogP contribution in [0.2, 0.25) is 0 Å². The molecule has 2 fully saturated rings. The highest BCUT2D eigenvalue weighted by Crippen LogP contribution is 2.26. The molecular formula is C33H45N7O5. The number of β-amino-alcohol motifs (C(OH)–C–C–N with tert-alkyl or cyclic N) is 1. The van der Waals surface area contributed by atoms with Gasteiger partial charge in [0, 0.05) is 64.3 Å². The largest absolute Gasteiger partial charge is 0.486 e. The van der Waals surface area contributed by atoms with Gasteiger partial charge in [-0.05, 0) is 56.9 Å². The molecule has 242 valence electrons. The number of aliphatic hydroxyl groups is 1. The molecule has 2 N–H and O–H groups in total. The van der Waals surface area contributed by atoms with Gasteiger partial charge in [0.25, 0.3) is 0 Å².